The van der Waals surface area contributed by atoms with Gasteiger partial charge in [-0.3, -0.25) is 9.89 Å². The number of nitrogens with zero attached hydrogens (tertiary/aromatic N) is 1. The van der Waals surface area contributed by atoms with E-state index in [2.05, 4.69) is 5.10 Å². The third-order valence-corrected chi connectivity index (χ3v) is 3.26. The lowest BCUT2D eigenvalue weighted by molar-refractivity contribution is -0.141. The predicted octanol–water partition coefficient (Wildman–Crippen LogP) is 3.42. The molecular formula is C14H15F3N2O. The highest BCUT2D eigenvalue weighted by atomic mass is 19.4. The quantitative estimate of drug-likeness (QED) is 0.856. The molecule has 1 aromatic carbocycles. The lowest BCUT2D eigenvalue weighted by Gasteiger charge is -2.11. The van der Waals surface area contributed by atoms with Crippen molar-refractivity contribution < 1.29 is 13.2 Å². The third kappa shape index (κ3) is 2.26. The average molecular weight is 284 g/mol. The van der Waals surface area contributed by atoms with E-state index in [1.807, 2.05) is 19.1 Å². The van der Waals surface area contributed by atoms with Gasteiger partial charge in [-0.05, 0) is 38.8 Å². The van der Waals surface area contributed by atoms with Crippen molar-refractivity contribution in [2.24, 2.45) is 0 Å². The molecule has 3 nitrogen and oxygen atoms in total. The van der Waals surface area contributed by atoms with Crippen molar-refractivity contribution in [3.8, 4) is 5.69 Å². The first-order valence-electron chi connectivity index (χ1n) is 6.10. The van der Waals surface area contributed by atoms with E-state index < -0.39 is 17.4 Å². The number of nitrogens with one attached hydrogen (secondary N) is 1. The van der Waals surface area contributed by atoms with E-state index in [1.165, 1.54) is 6.92 Å². The lowest BCUT2D eigenvalue weighted by atomic mass is 10.1. The first-order chi connectivity index (χ1) is 9.12. The maximum atomic E-state index is 12.8. The molecule has 0 radical (unpaired) electrons. The van der Waals surface area contributed by atoms with Crippen molar-refractivity contribution in [1.29, 1.82) is 0 Å². The van der Waals surface area contributed by atoms with Gasteiger partial charge in [0.2, 0.25) is 0 Å². The number of hydrogen-bond acceptors (Lipinski definition) is 1. The number of H-pyrrole nitrogens is 1. The van der Waals surface area contributed by atoms with Gasteiger partial charge in [-0.25, -0.2) is 4.68 Å². The van der Waals surface area contributed by atoms with Crippen molar-refractivity contribution in [3.63, 3.8) is 0 Å². The number of alkyl halides is 3. The molecular weight excluding hydrogens is 269 g/mol. The molecule has 6 heteroatoms. The third-order valence-electron chi connectivity index (χ3n) is 3.26. The highest BCUT2D eigenvalue weighted by molar-refractivity contribution is 5.49. The van der Waals surface area contributed by atoms with Crippen LogP contribution in [0.25, 0.3) is 5.69 Å². The Bertz CT molecular complexity index is 700. The molecule has 20 heavy (non-hydrogen) atoms. The normalized spacial score (nSPS) is 11.9. The van der Waals surface area contributed by atoms with Crippen molar-refractivity contribution in [2.45, 2.75) is 33.9 Å². The number of aryl methyl sites for hydroxylation is 3. The number of rotatable bonds is 1. The molecule has 0 fully saturated rings. The highest BCUT2D eigenvalue weighted by Crippen LogP contribution is 2.30. The van der Waals surface area contributed by atoms with Crippen LogP contribution >= 0.6 is 0 Å². The molecule has 0 atom stereocenters. The predicted molar refractivity (Wildman–Crippen MR) is 70.3 cm³/mol. The molecule has 108 valence electrons. The van der Waals surface area contributed by atoms with E-state index in [0.29, 0.717) is 5.69 Å². The fraction of sp³-hybridized carbons (Fsp3) is 0.357. The number of aromatic amines is 1. The van der Waals surface area contributed by atoms with Gasteiger partial charge in [0.1, 0.15) is 5.69 Å². The number of benzene rings is 1. The standard InChI is InChI=1S/C14H15F3N2O/c1-7-5-8(2)11(9(3)6-7)19-13(20)10(4)12(18-19)14(15,16)17/h5-6,18H,1-4H3. The molecule has 1 heterocycles. The van der Waals surface area contributed by atoms with Crippen LogP contribution in [-0.2, 0) is 6.18 Å². The minimum Gasteiger partial charge on any atom is -0.286 e. The van der Waals surface area contributed by atoms with Gasteiger partial charge in [0.25, 0.3) is 5.56 Å². The van der Waals surface area contributed by atoms with E-state index in [9.17, 15) is 18.0 Å². The van der Waals surface area contributed by atoms with Gasteiger partial charge >= 0.3 is 6.18 Å². The summed E-state index contributed by atoms with van der Waals surface area (Å²) in [6.45, 7) is 6.61. The van der Waals surface area contributed by atoms with Gasteiger partial charge in [-0.1, -0.05) is 17.7 Å². The summed E-state index contributed by atoms with van der Waals surface area (Å²) in [7, 11) is 0. The second-order valence-corrected chi connectivity index (χ2v) is 5.00. The van der Waals surface area contributed by atoms with Gasteiger partial charge in [0.05, 0.1) is 5.69 Å². The molecule has 2 rings (SSSR count). The van der Waals surface area contributed by atoms with E-state index in [-0.39, 0.29) is 5.56 Å². The van der Waals surface area contributed by atoms with Crippen LogP contribution in [0.4, 0.5) is 13.2 Å². The zero-order valence-corrected chi connectivity index (χ0v) is 11.6. The summed E-state index contributed by atoms with van der Waals surface area (Å²) in [4.78, 5) is 12.1. The summed E-state index contributed by atoms with van der Waals surface area (Å²) >= 11 is 0. The molecule has 0 aliphatic heterocycles. The maximum Gasteiger partial charge on any atom is 0.433 e. The molecule has 0 saturated heterocycles. The van der Waals surface area contributed by atoms with Crippen LogP contribution in [0.3, 0.4) is 0 Å². The summed E-state index contributed by atoms with van der Waals surface area (Å²) in [5.41, 5.74) is 0.973. The summed E-state index contributed by atoms with van der Waals surface area (Å²) < 4.78 is 39.5. The summed E-state index contributed by atoms with van der Waals surface area (Å²) in [6.07, 6.45) is -4.57. The van der Waals surface area contributed by atoms with E-state index in [1.54, 1.807) is 13.8 Å². The summed E-state index contributed by atoms with van der Waals surface area (Å²) in [5, 5.41) is 2.19. The van der Waals surface area contributed by atoms with Crippen molar-refractivity contribution in [1.82, 2.24) is 9.78 Å². The molecule has 0 saturated carbocycles. The Kier molecular flexibility index (Phi) is 3.28. The number of aromatic nitrogens is 2. The summed E-state index contributed by atoms with van der Waals surface area (Å²) in [6, 6.07) is 3.66. The topological polar surface area (TPSA) is 37.8 Å². The molecule has 0 aliphatic carbocycles. The minimum absolute atomic E-state index is 0.322. The van der Waals surface area contributed by atoms with E-state index in [4.69, 9.17) is 0 Å². The summed E-state index contributed by atoms with van der Waals surface area (Å²) in [5.74, 6) is 0. The van der Waals surface area contributed by atoms with Gasteiger partial charge in [0.15, 0.2) is 0 Å². The van der Waals surface area contributed by atoms with Crippen LogP contribution in [0.5, 0.6) is 0 Å². The zero-order chi connectivity index (χ0) is 15.2. The number of hydrogen-bond donors (Lipinski definition) is 1. The second kappa shape index (κ2) is 4.54. The Labute approximate surface area is 114 Å². The molecule has 0 amide bonds. The number of halogens is 3. The fourth-order valence-electron chi connectivity index (χ4n) is 2.48. The van der Waals surface area contributed by atoms with Crippen LogP contribution in [0, 0.1) is 27.7 Å². The monoisotopic (exact) mass is 284 g/mol. The first-order valence-corrected chi connectivity index (χ1v) is 6.10. The zero-order valence-electron chi connectivity index (χ0n) is 11.6. The molecule has 1 aromatic heterocycles. The van der Waals surface area contributed by atoms with Crippen LogP contribution in [-0.4, -0.2) is 9.78 Å². The Morgan fingerprint density at radius 3 is 1.95 bits per heavy atom. The molecule has 0 spiro atoms. The van der Waals surface area contributed by atoms with Gasteiger partial charge in [0, 0.05) is 5.56 Å². The largest absolute Gasteiger partial charge is 0.433 e. The Morgan fingerprint density at radius 1 is 1.05 bits per heavy atom. The molecule has 2 aromatic rings. The van der Waals surface area contributed by atoms with E-state index in [0.717, 1.165) is 21.4 Å². The minimum atomic E-state index is -4.57. The van der Waals surface area contributed by atoms with Crippen molar-refractivity contribution in [3.05, 3.63) is 50.4 Å². The maximum absolute atomic E-state index is 12.8. The van der Waals surface area contributed by atoms with Gasteiger partial charge in [-0.2, -0.15) is 13.2 Å². The van der Waals surface area contributed by atoms with Gasteiger partial charge < -0.3 is 0 Å². The smallest absolute Gasteiger partial charge is 0.286 e. The van der Waals surface area contributed by atoms with Crippen LogP contribution in [0.1, 0.15) is 27.9 Å². The Hall–Kier alpha value is -1.98. The average Bonchev–Trinajstić information content (AvgIpc) is 2.55. The van der Waals surface area contributed by atoms with E-state index >= 15 is 0 Å². The van der Waals surface area contributed by atoms with Crippen LogP contribution in [0.2, 0.25) is 0 Å². The van der Waals surface area contributed by atoms with Crippen molar-refractivity contribution in [2.75, 3.05) is 0 Å². The Balaban J connectivity index is 2.76. The molecule has 0 bridgehead atoms. The lowest BCUT2D eigenvalue weighted by Crippen LogP contribution is -2.18. The molecule has 1 N–H and O–H groups in total. The fourth-order valence-corrected chi connectivity index (χ4v) is 2.48. The highest BCUT2D eigenvalue weighted by Gasteiger charge is 2.36. The first kappa shape index (κ1) is 14.4. The Morgan fingerprint density at radius 2 is 1.55 bits per heavy atom. The van der Waals surface area contributed by atoms with Gasteiger partial charge in [-0.15, -0.1) is 0 Å². The second-order valence-electron chi connectivity index (χ2n) is 5.00. The molecule has 0 unspecified atom stereocenters. The van der Waals surface area contributed by atoms with Crippen LogP contribution < -0.4 is 5.56 Å². The SMILES string of the molecule is Cc1cc(C)c(-n2[nH]c(C(F)(F)F)c(C)c2=O)c(C)c1. The van der Waals surface area contributed by atoms with Crippen LogP contribution in [0.15, 0.2) is 16.9 Å². The molecule has 0 aliphatic rings. The van der Waals surface area contributed by atoms with Crippen molar-refractivity contribution >= 4 is 0 Å².